The van der Waals surface area contributed by atoms with Gasteiger partial charge >= 0.3 is 5.82 Å². The largest absolute Gasteiger partial charge is 0.351 e. The fraction of sp³-hybridized carbons (Fsp3) is 0.391. The summed E-state index contributed by atoms with van der Waals surface area (Å²) in [5, 5.41) is 0. The van der Waals surface area contributed by atoms with E-state index >= 15 is 0 Å². The smallest absolute Gasteiger partial charge is 0.147 e. The van der Waals surface area contributed by atoms with Crippen LogP contribution in [0.2, 0.25) is 0 Å². The summed E-state index contributed by atoms with van der Waals surface area (Å²) < 4.78 is 4.57. The summed E-state index contributed by atoms with van der Waals surface area (Å²) in [6.07, 6.45) is 1.04. The molecule has 3 heteroatoms. The maximum Gasteiger partial charge on any atom is 0.351 e. The standard InChI is InChI=1S/C23H28N3/c1-7-23(5)21-24-20(17-13-9-8-10-14-17)25(6)26(21)19-16(2)12-11-15-18(19)22(23,3)4/h8-15H,7H2,1-6H3/q+1. The Balaban J connectivity index is 2.12. The molecule has 0 saturated heterocycles. The quantitative estimate of drug-likeness (QED) is 0.620. The molecule has 1 aliphatic heterocycles. The van der Waals surface area contributed by atoms with Gasteiger partial charge in [-0.05, 0) is 48.5 Å². The summed E-state index contributed by atoms with van der Waals surface area (Å²) in [6, 6.07) is 17.2. The molecule has 0 saturated carbocycles. The van der Waals surface area contributed by atoms with Crippen LogP contribution in [0.25, 0.3) is 17.1 Å². The van der Waals surface area contributed by atoms with Crippen molar-refractivity contribution in [3.8, 4) is 17.1 Å². The number of aromatic nitrogens is 3. The van der Waals surface area contributed by atoms with Crippen molar-refractivity contribution in [1.29, 1.82) is 0 Å². The number of hydrogen-bond donors (Lipinski definition) is 0. The van der Waals surface area contributed by atoms with Crippen LogP contribution in [-0.2, 0) is 17.9 Å². The zero-order valence-corrected chi connectivity index (χ0v) is 16.7. The van der Waals surface area contributed by atoms with E-state index in [1.807, 2.05) is 0 Å². The van der Waals surface area contributed by atoms with Crippen LogP contribution < -0.4 is 4.68 Å². The fourth-order valence-electron chi connectivity index (χ4n) is 4.53. The van der Waals surface area contributed by atoms with Crippen molar-refractivity contribution in [3.63, 3.8) is 0 Å². The summed E-state index contributed by atoms with van der Waals surface area (Å²) >= 11 is 0. The molecule has 3 aromatic rings. The van der Waals surface area contributed by atoms with E-state index < -0.39 is 0 Å². The summed E-state index contributed by atoms with van der Waals surface area (Å²) in [6.45, 7) is 11.6. The minimum atomic E-state index is -0.0431. The first-order valence-electron chi connectivity index (χ1n) is 9.48. The lowest BCUT2D eigenvalue weighted by molar-refractivity contribution is -0.736. The van der Waals surface area contributed by atoms with Crippen LogP contribution in [0.1, 0.15) is 51.1 Å². The first kappa shape index (κ1) is 17.0. The molecule has 134 valence electrons. The van der Waals surface area contributed by atoms with Gasteiger partial charge in [0.05, 0.1) is 16.7 Å². The molecule has 1 aromatic heterocycles. The highest BCUT2D eigenvalue weighted by molar-refractivity contribution is 5.58. The highest BCUT2D eigenvalue weighted by atomic mass is 15.5. The Morgan fingerprint density at radius 1 is 1.00 bits per heavy atom. The number of nitrogens with zero attached hydrogens (tertiary/aromatic N) is 3. The molecule has 4 rings (SSSR count). The van der Waals surface area contributed by atoms with Gasteiger partial charge in [0.2, 0.25) is 0 Å². The molecule has 0 fully saturated rings. The van der Waals surface area contributed by atoms with Crippen LogP contribution in [0.4, 0.5) is 0 Å². The molecule has 2 aromatic carbocycles. The second kappa shape index (κ2) is 5.54. The van der Waals surface area contributed by atoms with E-state index in [2.05, 4.69) is 99.6 Å². The highest BCUT2D eigenvalue weighted by Gasteiger charge is 2.54. The number of hydrogen-bond acceptors (Lipinski definition) is 1. The summed E-state index contributed by atoms with van der Waals surface area (Å²) in [5.41, 5.74) is 5.10. The Morgan fingerprint density at radius 2 is 1.69 bits per heavy atom. The van der Waals surface area contributed by atoms with Crippen molar-refractivity contribution in [3.05, 3.63) is 65.5 Å². The molecule has 0 amide bonds. The Morgan fingerprint density at radius 3 is 2.35 bits per heavy atom. The molecular formula is C23H28N3+. The first-order chi connectivity index (χ1) is 12.3. The zero-order chi connectivity index (χ0) is 18.7. The lowest BCUT2D eigenvalue weighted by Gasteiger charge is -2.45. The maximum atomic E-state index is 5.21. The molecule has 1 unspecified atom stereocenters. The van der Waals surface area contributed by atoms with Gasteiger partial charge in [-0.15, -0.1) is 9.36 Å². The molecule has 2 heterocycles. The third-order valence-electron chi connectivity index (χ3n) is 6.75. The molecule has 1 aliphatic rings. The van der Waals surface area contributed by atoms with Gasteiger partial charge in [-0.25, -0.2) is 0 Å². The topological polar surface area (TPSA) is 21.7 Å². The normalized spacial score (nSPS) is 20.5. The van der Waals surface area contributed by atoms with Gasteiger partial charge in [0.15, 0.2) is 0 Å². The molecule has 0 bridgehead atoms. The van der Waals surface area contributed by atoms with Gasteiger partial charge < -0.3 is 0 Å². The lowest BCUT2D eigenvalue weighted by Crippen LogP contribution is -2.52. The van der Waals surface area contributed by atoms with Gasteiger partial charge in [0, 0.05) is 5.41 Å². The van der Waals surface area contributed by atoms with Crippen molar-refractivity contribution < 1.29 is 4.68 Å². The number of benzene rings is 2. The fourth-order valence-corrected chi connectivity index (χ4v) is 4.53. The third-order valence-corrected chi connectivity index (χ3v) is 6.75. The minimum Gasteiger partial charge on any atom is -0.147 e. The average molecular weight is 346 g/mol. The van der Waals surface area contributed by atoms with Crippen LogP contribution in [0.3, 0.4) is 0 Å². The van der Waals surface area contributed by atoms with Crippen LogP contribution in [0, 0.1) is 6.92 Å². The molecule has 0 radical (unpaired) electrons. The first-order valence-corrected chi connectivity index (χ1v) is 9.48. The predicted octanol–water partition coefficient (Wildman–Crippen LogP) is 4.63. The molecule has 26 heavy (non-hydrogen) atoms. The summed E-state index contributed by atoms with van der Waals surface area (Å²) in [5.74, 6) is 2.18. The van der Waals surface area contributed by atoms with E-state index in [1.54, 1.807) is 0 Å². The minimum absolute atomic E-state index is 0.00537. The van der Waals surface area contributed by atoms with Gasteiger partial charge in [-0.2, -0.15) is 0 Å². The molecular weight excluding hydrogens is 318 g/mol. The van der Waals surface area contributed by atoms with E-state index in [0.29, 0.717) is 0 Å². The zero-order valence-electron chi connectivity index (χ0n) is 16.7. The SMILES string of the molecule is CCC1(C)c2nc(-c3ccccc3)[n+](C)n2-c2c(C)cccc2C1(C)C. The summed E-state index contributed by atoms with van der Waals surface area (Å²) in [4.78, 5) is 5.21. The van der Waals surface area contributed by atoms with E-state index in [-0.39, 0.29) is 10.8 Å². The van der Waals surface area contributed by atoms with Crippen LogP contribution in [-0.4, -0.2) is 9.67 Å². The summed E-state index contributed by atoms with van der Waals surface area (Å²) in [7, 11) is 2.13. The monoisotopic (exact) mass is 346 g/mol. The third kappa shape index (κ3) is 2.00. The number of fused-ring (bicyclic) bond motifs is 3. The van der Waals surface area contributed by atoms with Crippen molar-refractivity contribution in [2.45, 2.75) is 51.9 Å². The Hall–Kier alpha value is -2.42. The van der Waals surface area contributed by atoms with Crippen molar-refractivity contribution >= 4 is 0 Å². The lowest BCUT2D eigenvalue weighted by atomic mass is 9.59. The van der Waals surface area contributed by atoms with Crippen molar-refractivity contribution in [2.24, 2.45) is 7.05 Å². The second-order valence-electron chi connectivity index (χ2n) is 8.24. The van der Waals surface area contributed by atoms with E-state index in [0.717, 1.165) is 23.6 Å². The van der Waals surface area contributed by atoms with Gasteiger partial charge in [0.25, 0.3) is 5.82 Å². The number of para-hydroxylation sites is 1. The average Bonchev–Trinajstić information content (AvgIpc) is 2.98. The Labute approximate surface area is 156 Å². The molecule has 0 aliphatic carbocycles. The molecule has 0 N–H and O–H groups in total. The van der Waals surface area contributed by atoms with E-state index in [1.165, 1.54) is 16.8 Å². The molecule has 0 spiro atoms. The Kier molecular flexibility index (Phi) is 3.62. The number of rotatable bonds is 2. The predicted molar refractivity (Wildman–Crippen MR) is 106 cm³/mol. The van der Waals surface area contributed by atoms with Gasteiger partial charge in [-0.3, -0.25) is 0 Å². The van der Waals surface area contributed by atoms with Crippen molar-refractivity contribution in [1.82, 2.24) is 9.67 Å². The van der Waals surface area contributed by atoms with Gasteiger partial charge in [0.1, 0.15) is 7.05 Å². The number of aryl methyl sites for hydroxylation is 1. The van der Waals surface area contributed by atoms with Crippen LogP contribution in [0.5, 0.6) is 0 Å². The van der Waals surface area contributed by atoms with E-state index in [9.17, 15) is 0 Å². The molecule has 3 nitrogen and oxygen atoms in total. The van der Waals surface area contributed by atoms with Gasteiger partial charge in [-0.1, -0.05) is 57.2 Å². The highest BCUT2D eigenvalue weighted by Crippen LogP contribution is 2.51. The van der Waals surface area contributed by atoms with Crippen LogP contribution >= 0.6 is 0 Å². The molecule has 1 atom stereocenters. The van der Waals surface area contributed by atoms with Crippen LogP contribution in [0.15, 0.2) is 48.5 Å². The van der Waals surface area contributed by atoms with E-state index in [4.69, 9.17) is 4.98 Å². The maximum absolute atomic E-state index is 5.21. The second-order valence-corrected chi connectivity index (χ2v) is 8.24. The van der Waals surface area contributed by atoms with Crippen molar-refractivity contribution in [2.75, 3.05) is 0 Å². The Bertz CT molecular complexity index is 982.